The minimum Gasteiger partial charge on any atom is -0.457 e. The van der Waals surface area contributed by atoms with Gasteiger partial charge >= 0.3 is 0 Å². The third-order valence-corrected chi connectivity index (χ3v) is 6.73. The predicted octanol–water partition coefficient (Wildman–Crippen LogP) is 6.30. The van der Waals surface area contributed by atoms with Crippen molar-refractivity contribution in [3.63, 3.8) is 0 Å². The molecule has 0 aliphatic carbocycles. The highest BCUT2D eigenvalue weighted by atomic mass is 32.1. The van der Waals surface area contributed by atoms with Crippen molar-refractivity contribution in [1.29, 1.82) is 0 Å². The van der Waals surface area contributed by atoms with Gasteiger partial charge in [0.25, 0.3) is 0 Å². The summed E-state index contributed by atoms with van der Waals surface area (Å²) in [4.78, 5) is 11.4. The summed E-state index contributed by atoms with van der Waals surface area (Å²) < 4.78 is 8.24. The first-order chi connectivity index (χ1) is 18.3. The van der Waals surface area contributed by atoms with E-state index in [-0.39, 0.29) is 12.1 Å². The summed E-state index contributed by atoms with van der Waals surface area (Å²) in [6, 6.07) is 33.8. The number of rotatable bonds is 7. The second-order valence-electron chi connectivity index (χ2n) is 8.79. The number of hydrogen-bond acceptors (Lipinski definition) is 4. The molecule has 0 saturated carbocycles. The topological polar surface area (TPSA) is 55.2 Å². The molecule has 3 aromatic heterocycles. The van der Waals surface area contributed by atoms with Gasteiger partial charge in [0, 0.05) is 30.0 Å². The van der Waals surface area contributed by atoms with Crippen molar-refractivity contribution >= 4 is 23.0 Å². The summed E-state index contributed by atoms with van der Waals surface area (Å²) in [5.74, 6) is 1.57. The molecule has 4 heterocycles. The molecule has 0 amide bonds. The van der Waals surface area contributed by atoms with E-state index < -0.39 is 0 Å². The van der Waals surface area contributed by atoms with Gasteiger partial charge in [-0.05, 0) is 85.0 Å². The molecule has 2 atom stereocenters. The molecule has 6 rings (SSSR count). The van der Waals surface area contributed by atoms with Crippen LogP contribution >= 0.6 is 12.2 Å². The molecule has 0 radical (unpaired) electrons. The Morgan fingerprint density at radius 3 is 2.22 bits per heavy atom. The van der Waals surface area contributed by atoms with Gasteiger partial charge in [0.15, 0.2) is 5.11 Å². The first-order valence-corrected chi connectivity index (χ1v) is 12.6. The average Bonchev–Trinajstić information content (AvgIpc) is 3.54. The molecule has 1 saturated heterocycles. The molecule has 5 aromatic rings. The van der Waals surface area contributed by atoms with E-state index in [1.54, 1.807) is 0 Å². The lowest BCUT2D eigenvalue weighted by Crippen LogP contribution is -2.30. The molecule has 2 aromatic carbocycles. The molecule has 37 heavy (non-hydrogen) atoms. The second-order valence-corrected chi connectivity index (χ2v) is 9.17. The Kier molecular flexibility index (Phi) is 6.35. The Morgan fingerprint density at radius 2 is 1.49 bits per heavy atom. The molecule has 7 heteroatoms. The molecule has 1 aliphatic rings. The fourth-order valence-electron chi connectivity index (χ4n) is 4.74. The van der Waals surface area contributed by atoms with Crippen molar-refractivity contribution < 1.29 is 4.74 Å². The van der Waals surface area contributed by atoms with Crippen molar-refractivity contribution in [2.45, 2.75) is 18.6 Å². The predicted molar refractivity (Wildman–Crippen MR) is 149 cm³/mol. The molecule has 0 spiro atoms. The molecule has 1 fully saturated rings. The quantitative estimate of drug-likeness (QED) is 0.263. The van der Waals surface area contributed by atoms with Crippen molar-refractivity contribution in [3.05, 3.63) is 139 Å². The van der Waals surface area contributed by atoms with Gasteiger partial charge in [0.1, 0.15) is 17.5 Å². The highest BCUT2D eigenvalue weighted by Crippen LogP contribution is 2.42. The van der Waals surface area contributed by atoms with Gasteiger partial charge in [-0.15, -0.1) is 0 Å². The summed E-state index contributed by atoms with van der Waals surface area (Å²) >= 11 is 5.90. The third-order valence-electron chi connectivity index (χ3n) is 6.42. The molecule has 182 valence electrons. The number of benzene rings is 2. The molecule has 1 N–H and O–H groups in total. The molecule has 0 unspecified atom stereocenters. The molecular weight excluding hydrogens is 478 g/mol. The van der Waals surface area contributed by atoms with E-state index in [2.05, 4.69) is 43.1 Å². The zero-order chi connectivity index (χ0) is 25.0. The number of anilines is 1. The van der Waals surface area contributed by atoms with Gasteiger partial charge in [-0.3, -0.25) is 9.97 Å². The van der Waals surface area contributed by atoms with E-state index in [1.165, 1.54) is 0 Å². The zero-order valence-electron chi connectivity index (χ0n) is 20.0. The second kappa shape index (κ2) is 10.2. The normalized spacial score (nSPS) is 17.0. The number of nitrogens with zero attached hydrogens (tertiary/aromatic N) is 4. The number of ether oxygens (including phenoxy) is 1. The van der Waals surface area contributed by atoms with Crippen molar-refractivity contribution in [1.82, 2.24) is 19.9 Å². The van der Waals surface area contributed by atoms with Gasteiger partial charge in [0.05, 0.1) is 24.0 Å². The molecular formula is C30H25N5OS. The molecule has 1 aliphatic heterocycles. The van der Waals surface area contributed by atoms with Gasteiger partial charge in [0.2, 0.25) is 0 Å². The number of pyridine rings is 2. The van der Waals surface area contributed by atoms with Crippen LogP contribution < -0.4 is 15.0 Å². The van der Waals surface area contributed by atoms with Crippen molar-refractivity contribution in [3.8, 4) is 11.5 Å². The monoisotopic (exact) mass is 503 g/mol. The average molecular weight is 504 g/mol. The highest BCUT2D eigenvalue weighted by molar-refractivity contribution is 7.80. The van der Waals surface area contributed by atoms with Crippen LogP contribution in [0.15, 0.2) is 122 Å². The summed E-state index contributed by atoms with van der Waals surface area (Å²) in [5.41, 5.74) is 4.04. The van der Waals surface area contributed by atoms with E-state index in [0.29, 0.717) is 11.7 Å². The van der Waals surface area contributed by atoms with Crippen LogP contribution in [0.25, 0.3) is 0 Å². The van der Waals surface area contributed by atoms with E-state index in [0.717, 1.165) is 34.3 Å². The fourth-order valence-corrected chi connectivity index (χ4v) is 5.08. The van der Waals surface area contributed by atoms with E-state index in [4.69, 9.17) is 17.0 Å². The third kappa shape index (κ3) is 4.81. The highest BCUT2D eigenvalue weighted by Gasteiger charge is 2.42. The summed E-state index contributed by atoms with van der Waals surface area (Å²) in [6.07, 6.45) is 5.74. The van der Waals surface area contributed by atoms with Crippen molar-refractivity contribution in [2.75, 3.05) is 4.90 Å². The number of nitrogens with one attached hydrogen (secondary N) is 1. The minimum atomic E-state index is -0.119. The SMILES string of the molecule is S=C1N[C@H](c2ccccn2)[C@H](c2cccn2Cc2ccccn2)N1c1ccc(Oc2ccccc2)cc1. The first kappa shape index (κ1) is 22.9. The minimum absolute atomic E-state index is 0.109. The lowest BCUT2D eigenvalue weighted by Gasteiger charge is -2.29. The van der Waals surface area contributed by atoms with Crippen LogP contribution in [0.4, 0.5) is 5.69 Å². The summed E-state index contributed by atoms with van der Waals surface area (Å²) in [7, 11) is 0. The first-order valence-electron chi connectivity index (χ1n) is 12.1. The lowest BCUT2D eigenvalue weighted by molar-refractivity contribution is 0.482. The maximum absolute atomic E-state index is 6.01. The smallest absolute Gasteiger partial charge is 0.174 e. The van der Waals surface area contributed by atoms with Crippen molar-refractivity contribution in [2.24, 2.45) is 0 Å². The largest absolute Gasteiger partial charge is 0.457 e. The summed E-state index contributed by atoms with van der Waals surface area (Å²) in [6.45, 7) is 0.666. The van der Waals surface area contributed by atoms with Crippen LogP contribution in [0.2, 0.25) is 0 Å². The fraction of sp³-hybridized carbons (Fsp3) is 0.100. The van der Waals surface area contributed by atoms with Crippen LogP contribution in [-0.2, 0) is 6.54 Å². The Labute approximate surface area is 221 Å². The van der Waals surface area contributed by atoms with Gasteiger partial charge < -0.3 is 19.5 Å². The van der Waals surface area contributed by atoms with Gasteiger partial charge in [-0.1, -0.05) is 30.3 Å². The van der Waals surface area contributed by atoms with Gasteiger partial charge in [-0.2, -0.15) is 0 Å². The zero-order valence-corrected chi connectivity index (χ0v) is 20.8. The lowest BCUT2D eigenvalue weighted by atomic mass is 10.0. The standard InChI is InChI=1S/C30H25N5OS/c37-30-33-28(26-12-5-7-19-32-26)29(27-13-8-20-34(27)21-22-9-4-6-18-31-22)35(30)23-14-16-25(17-15-23)36-24-10-2-1-3-11-24/h1-20,28-29H,21H2,(H,33,37)/t28-,29+/m1/s1. The van der Waals surface area contributed by atoms with Crippen LogP contribution in [-0.4, -0.2) is 19.6 Å². The number of aromatic nitrogens is 3. The van der Waals surface area contributed by atoms with Crippen LogP contribution in [0, 0.1) is 0 Å². The molecule has 6 nitrogen and oxygen atoms in total. The summed E-state index contributed by atoms with van der Waals surface area (Å²) in [5, 5.41) is 4.19. The maximum Gasteiger partial charge on any atom is 0.174 e. The van der Waals surface area contributed by atoms with E-state index in [1.807, 2.05) is 103 Å². The Morgan fingerprint density at radius 1 is 0.757 bits per heavy atom. The Balaban J connectivity index is 1.36. The van der Waals surface area contributed by atoms with Crippen LogP contribution in [0.3, 0.4) is 0 Å². The number of hydrogen-bond donors (Lipinski definition) is 1. The molecule has 0 bridgehead atoms. The van der Waals surface area contributed by atoms with Gasteiger partial charge in [-0.25, -0.2) is 0 Å². The number of para-hydroxylation sites is 1. The number of thiocarbonyl (C=S) groups is 1. The maximum atomic E-state index is 6.01. The van der Waals surface area contributed by atoms with E-state index in [9.17, 15) is 0 Å². The Hall–Kier alpha value is -4.49. The van der Waals surface area contributed by atoms with Crippen LogP contribution in [0.5, 0.6) is 11.5 Å². The van der Waals surface area contributed by atoms with Crippen LogP contribution in [0.1, 0.15) is 29.2 Å². The van der Waals surface area contributed by atoms with E-state index >= 15 is 0 Å². The Bertz CT molecular complexity index is 1470.